The maximum Gasteiger partial charge on any atom is 0.331 e. The van der Waals surface area contributed by atoms with Gasteiger partial charge in [-0.2, -0.15) is 5.26 Å². The molecule has 0 atom stereocenters. The first kappa shape index (κ1) is 19.1. The number of hydrogen-bond acceptors (Lipinski definition) is 4. The van der Waals surface area contributed by atoms with E-state index in [0.717, 1.165) is 6.20 Å². The summed E-state index contributed by atoms with van der Waals surface area (Å²) >= 11 is 17.7. The van der Waals surface area contributed by atoms with E-state index >= 15 is 0 Å². The number of nitrogens with one attached hydrogen (secondary N) is 1. The Morgan fingerprint density at radius 2 is 1.84 bits per heavy atom. The molecule has 25 heavy (non-hydrogen) atoms. The van der Waals surface area contributed by atoms with Gasteiger partial charge in [-0.3, -0.25) is 14.2 Å². The fourth-order valence-corrected chi connectivity index (χ4v) is 2.64. The molecule has 130 valence electrons. The van der Waals surface area contributed by atoms with Gasteiger partial charge in [0, 0.05) is 12.7 Å². The fraction of sp³-hybridized carbons (Fsp3) is 0.200. The predicted octanol–water partition coefficient (Wildman–Crippen LogP) is 2.50. The van der Waals surface area contributed by atoms with Crippen molar-refractivity contribution in [1.29, 1.82) is 5.26 Å². The Kier molecular flexibility index (Phi) is 5.90. The molecule has 7 nitrogen and oxygen atoms in total. The number of nitriles is 1. The number of aromatic nitrogens is 2. The summed E-state index contributed by atoms with van der Waals surface area (Å²) in [5, 5.41) is 12.0. The molecule has 0 aliphatic carbocycles. The van der Waals surface area contributed by atoms with Crippen LogP contribution in [0.3, 0.4) is 0 Å². The molecule has 0 unspecified atom stereocenters. The zero-order valence-corrected chi connectivity index (χ0v) is 15.1. The normalized spacial score (nSPS) is 10.4. The molecular weight excluding hydrogens is 391 g/mol. The number of amides is 1. The van der Waals surface area contributed by atoms with E-state index in [9.17, 15) is 14.4 Å². The lowest BCUT2D eigenvalue weighted by atomic mass is 10.3. The maximum absolute atomic E-state index is 12.2. The first-order valence-electron chi connectivity index (χ1n) is 6.97. The van der Waals surface area contributed by atoms with Crippen LogP contribution in [-0.4, -0.2) is 15.0 Å². The highest BCUT2D eigenvalue weighted by Crippen LogP contribution is 2.32. The van der Waals surface area contributed by atoms with Gasteiger partial charge in [0.05, 0.1) is 20.8 Å². The Labute approximate surface area is 157 Å². The highest BCUT2D eigenvalue weighted by molar-refractivity contribution is 6.44. The zero-order valence-electron chi connectivity index (χ0n) is 12.8. The van der Waals surface area contributed by atoms with Crippen LogP contribution in [0.25, 0.3) is 0 Å². The molecule has 2 rings (SSSR count). The minimum atomic E-state index is -0.840. The van der Waals surface area contributed by atoms with E-state index in [1.165, 1.54) is 16.7 Å². The summed E-state index contributed by atoms with van der Waals surface area (Å²) in [5.74, 6) is -0.683. The number of carbonyl (C=O) groups excluding carboxylic acids is 1. The molecule has 0 radical (unpaired) electrons. The smallest absolute Gasteiger partial charge is 0.323 e. The second-order valence-corrected chi connectivity index (χ2v) is 6.13. The van der Waals surface area contributed by atoms with Gasteiger partial charge in [-0.25, -0.2) is 9.36 Å². The fourth-order valence-electron chi connectivity index (χ4n) is 2.05. The van der Waals surface area contributed by atoms with Crippen LogP contribution in [0.5, 0.6) is 0 Å². The average molecular weight is 402 g/mol. The third-order valence-corrected chi connectivity index (χ3v) is 4.32. The summed E-state index contributed by atoms with van der Waals surface area (Å²) in [6, 6.07) is 4.41. The second kappa shape index (κ2) is 7.74. The molecule has 0 saturated heterocycles. The SMILES string of the molecule is CCn1cc(C#N)c(=O)n(CC(=O)Nc2cc(Cl)c(Cl)cc2Cl)c1=O. The van der Waals surface area contributed by atoms with Crippen molar-refractivity contribution >= 4 is 46.4 Å². The number of carbonyl (C=O) groups is 1. The van der Waals surface area contributed by atoms with Crippen LogP contribution in [0.4, 0.5) is 5.69 Å². The molecule has 0 spiro atoms. The highest BCUT2D eigenvalue weighted by Gasteiger charge is 2.15. The van der Waals surface area contributed by atoms with Crippen molar-refractivity contribution in [3.8, 4) is 6.07 Å². The van der Waals surface area contributed by atoms with Crippen LogP contribution in [0.1, 0.15) is 12.5 Å². The summed E-state index contributed by atoms with van der Waals surface area (Å²) in [6.07, 6.45) is 1.16. The van der Waals surface area contributed by atoms with Crippen LogP contribution in [0, 0.1) is 11.3 Å². The lowest BCUT2D eigenvalue weighted by Crippen LogP contribution is -2.43. The molecule has 1 N–H and O–H groups in total. The van der Waals surface area contributed by atoms with Gasteiger partial charge in [0.1, 0.15) is 18.2 Å². The minimum absolute atomic E-state index is 0.145. The third kappa shape index (κ3) is 4.04. The molecule has 1 heterocycles. The number of benzene rings is 1. The minimum Gasteiger partial charge on any atom is -0.323 e. The van der Waals surface area contributed by atoms with Crippen LogP contribution in [0.2, 0.25) is 15.1 Å². The van der Waals surface area contributed by atoms with E-state index in [1.54, 1.807) is 13.0 Å². The third-order valence-electron chi connectivity index (χ3n) is 3.28. The summed E-state index contributed by atoms with van der Waals surface area (Å²) in [6.45, 7) is 1.34. The maximum atomic E-state index is 12.2. The van der Waals surface area contributed by atoms with Crippen molar-refractivity contribution in [3.63, 3.8) is 0 Å². The van der Waals surface area contributed by atoms with E-state index < -0.39 is 23.7 Å². The van der Waals surface area contributed by atoms with Gasteiger partial charge in [0.15, 0.2) is 0 Å². The number of nitrogens with zero attached hydrogens (tertiary/aromatic N) is 3. The lowest BCUT2D eigenvalue weighted by Gasteiger charge is -2.11. The highest BCUT2D eigenvalue weighted by atomic mass is 35.5. The molecule has 0 aliphatic heterocycles. The van der Waals surface area contributed by atoms with Gasteiger partial charge < -0.3 is 5.32 Å². The van der Waals surface area contributed by atoms with Gasteiger partial charge in [0.2, 0.25) is 5.91 Å². The molecule has 2 aromatic rings. The molecule has 0 saturated carbocycles. The van der Waals surface area contributed by atoms with E-state index in [-0.39, 0.29) is 32.9 Å². The second-order valence-electron chi connectivity index (χ2n) is 4.91. The lowest BCUT2D eigenvalue weighted by molar-refractivity contribution is -0.116. The number of rotatable bonds is 4. The van der Waals surface area contributed by atoms with E-state index in [1.807, 2.05) is 0 Å². The molecule has 0 bridgehead atoms. The van der Waals surface area contributed by atoms with Crippen LogP contribution < -0.4 is 16.6 Å². The zero-order chi connectivity index (χ0) is 18.7. The standard InChI is InChI=1S/C15H11Cl3N4O3/c1-2-21-6-8(5-19)14(24)22(15(21)25)7-13(23)20-12-4-10(17)9(16)3-11(12)18/h3-4,6H,2,7H2,1H3,(H,20,23). The number of hydrogen-bond donors (Lipinski definition) is 1. The first-order chi connectivity index (χ1) is 11.8. The molecule has 1 amide bonds. The van der Waals surface area contributed by atoms with Gasteiger partial charge in [-0.15, -0.1) is 0 Å². The Morgan fingerprint density at radius 1 is 1.20 bits per heavy atom. The quantitative estimate of drug-likeness (QED) is 0.796. The van der Waals surface area contributed by atoms with Gasteiger partial charge >= 0.3 is 5.69 Å². The Hall–Kier alpha value is -2.27. The largest absolute Gasteiger partial charge is 0.331 e. The number of anilines is 1. The summed E-state index contributed by atoms with van der Waals surface area (Å²) in [4.78, 5) is 36.5. The van der Waals surface area contributed by atoms with Crippen molar-refractivity contribution in [2.45, 2.75) is 20.0 Å². The average Bonchev–Trinajstić information content (AvgIpc) is 2.57. The Balaban J connectivity index is 2.36. The predicted molar refractivity (Wildman–Crippen MR) is 95.5 cm³/mol. The number of aryl methyl sites for hydroxylation is 1. The molecule has 1 aromatic carbocycles. The number of halogens is 3. The molecule has 0 aliphatic rings. The van der Waals surface area contributed by atoms with Crippen molar-refractivity contribution in [1.82, 2.24) is 9.13 Å². The van der Waals surface area contributed by atoms with Crippen molar-refractivity contribution in [2.24, 2.45) is 0 Å². The van der Waals surface area contributed by atoms with Crippen LogP contribution in [0.15, 0.2) is 27.9 Å². The molecule has 1 aromatic heterocycles. The van der Waals surface area contributed by atoms with Crippen LogP contribution >= 0.6 is 34.8 Å². The van der Waals surface area contributed by atoms with E-state index in [4.69, 9.17) is 40.1 Å². The molecule has 0 fully saturated rings. The van der Waals surface area contributed by atoms with Crippen molar-refractivity contribution < 1.29 is 4.79 Å². The topological polar surface area (TPSA) is 96.9 Å². The molecule has 10 heteroatoms. The van der Waals surface area contributed by atoms with Gasteiger partial charge in [-0.1, -0.05) is 34.8 Å². The van der Waals surface area contributed by atoms with Gasteiger partial charge in [-0.05, 0) is 19.1 Å². The first-order valence-corrected chi connectivity index (χ1v) is 8.10. The van der Waals surface area contributed by atoms with E-state index in [0.29, 0.717) is 4.57 Å². The monoisotopic (exact) mass is 400 g/mol. The van der Waals surface area contributed by atoms with Crippen LogP contribution in [-0.2, 0) is 17.9 Å². The summed E-state index contributed by atoms with van der Waals surface area (Å²) < 4.78 is 1.85. The van der Waals surface area contributed by atoms with E-state index in [2.05, 4.69) is 5.32 Å². The van der Waals surface area contributed by atoms with Gasteiger partial charge in [0.25, 0.3) is 5.56 Å². The van der Waals surface area contributed by atoms with Crippen molar-refractivity contribution in [2.75, 3.05) is 5.32 Å². The molecular formula is C15H11Cl3N4O3. The summed E-state index contributed by atoms with van der Waals surface area (Å²) in [7, 11) is 0. The summed E-state index contributed by atoms with van der Waals surface area (Å²) in [5.41, 5.74) is -1.59. The Bertz CT molecular complexity index is 1000. The Morgan fingerprint density at radius 3 is 2.44 bits per heavy atom. The van der Waals surface area contributed by atoms with Crippen molar-refractivity contribution in [3.05, 3.63) is 59.8 Å².